The molecule has 192 valence electrons. The third-order valence-electron chi connectivity index (χ3n) is 6.32. The minimum absolute atomic E-state index is 0.0442. The van der Waals surface area contributed by atoms with Crippen LogP contribution in [0.5, 0.6) is 5.75 Å². The molecule has 2 amide bonds. The van der Waals surface area contributed by atoms with Gasteiger partial charge in [0.2, 0.25) is 0 Å². The average Bonchev–Trinajstić information content (AvgIpc) is 3.49. The Hall–Kier alpha value is -4.44. The number of aromatic nitrogens is 1. The van der Waals surface area contributed by atoms with Gasteiger partial charge in [-0.15, -0.1) is 21.5 Å². The lowest BCUT2D eigenvalue weighted by molar-refractivity contribution is -0.197. The van der Waals surface area contributed by atoms with Crippen molar-refractivity contribution in [2.75, 3.05) is 0 Å². The zero-order valence-corrected chi connectivity index (χ0v) is 21.6. The highest BCUT2D eigenvalue weighted by Gasteiger charge is 2.32. The quantitative estimate of drug-likeness (QED) is 0.224. The molecule has 0 bridgehead atoms. The van der Waals surface area contributed by atoms with Gasteiger partial charge in [0, 0.05) is 18.4 Å². The van der Waals surface area contributed by atoms with Gasteiger partial charge < -0.3 is 9.94 Å². The number of thiazole rings is 1. The number of phenols is 1. The van der Waals surface area contributed by atoms with E-state index in [-0.39, 0.29) is 37.1 Å². The van der Waals surface area contributed by atoms with Crippen LogP contribution in [0.25, 0.3) is 20.8 Å². The van der Waals surface area contributed by atoms with Crippen LogP contribution in [0, 0.1) is 13.8 Å². The van der Waals surface area contributed by atoms with Gasteiger partial charge in [-0.25, -0.2) is 9.78 Å². The number of fused-ring (bicyclic) bond motifs is 1. The summed E-state index contributed by atoms with van der Waals surface area (Å²) in [5.41, 5.74) is 6.02. The molecule has 10 heteroatoms. The highest BCUT2D eigenvalue weighted by atomic mass is 32.1. The van der Waals surface area contributed by atoms with Crippen LogP contribution in [0.4, 0.5) is 11.4 Å². The van der Waals surface area contributed by atoms with E-state index in [4.69, 9.17) is 9.82 Å². The normalized spacial score (nSPS) is 13.7. The van der Waals surface area contributed by atoms with Crippen LogP contribution >= 0.6 is 11.3 Å². The molecule has 1 saturated heterocycles. The summed E-state index contributed by atoms with van der Waals surface area (Å²) in [5, 5.41) is 20.1. The van der Waals surface area contributed by atoms with Gasteiger partial charge in [0.15, 0.2) is 0 Å². The number of aromatic hydroxyl groups is 1. The summed E-state index contributed by atoms with van der Waals surface area (Å²) in [5.74, 6) is -1.78. The molecule has 0 atom stereocenters. The van der Waals surface area contributed by atoms with Crippen molar-refractivity contribution in [1.29, 1.82) is 0 Å². The molecule has 0 aliphatic carbocycles. The number of carbonyl (C=O) groups is 3. The highest BCUT2D eigenvalue weighted by Crippen LogP contribution is 2.35. The first-order chi connectivity index (χ1) is 18.3. The molecule has 0 unspecified atom stereocenters. The molecule has 1 N–H and O–H groups in total. The van der Waals surface area contributed by atoms with E-state index in [0.29, 0.717) is 16.3 Å². The predicted octanol–water partition coefficient (Wildman–Crippen LogP) is 6.24. The van der Waals surface area contributed by atoms with Gasteiger partial charge in [-0.1, -0.05) is 12.1 Å². The first-order valence-electron chi connectivity index (χ1n) is 12.1. The van der Waals surface area contributed by atoms with Crippen molar-refractivity contribution in [2.24, 2.45) is 10.2 Å². The molecule has 1 aromatic heterocycles. The number of azo groups is 1. The van der Waals surface area contributed by atoms with Crippen molar-refractivity contribution in [3.05, 3.63) is 71.3 Å². The maximum Gasteiger partial charge on any atom is 0.333 e. The number of amides is 2. The second-order valence-electron chi connectivity index (χ2n) is 8.99. The lowest BCUT2D eigenvalue weighted by atomic mass is 10.1. The first-order valence-corrected chi connectivity index (χ1v) is 12.9. The number of hydrogen-bond acceptors (Lipinski definition) is 9. The molecular formula is C28H24N4O5S. The van der Waals surface area contributed by atoms with Crippen molar-refractivity contribution < 1.29 is 24.3 Å². The fraction of sp³-hybridized carbons (Fsp3) is 0.214. The van der Waals surface area contributed by atoms with Gasteiger partial charge in [0.05, 0.1) is 22.3 Å². The second-order valence-corrected chi connectivity index (χ2v) is 9.99. The Balaban J connectivity index is 1.24. The molecule has 5 rings (SSSR count). The summed E-state index contributed by atoms with van der Waals surface area (Å²) in [6.45, 7) is 4.20. The molecule has 38 heavy (non-hydrogen) atoms. The average molecular weight is 529 g/mol. The van der Waals surface area contributed by atoms with Crippen LogP contribution in [-0.4, -0.2) is 32.9 Å². The summed E-state index contributed by atoms with van der Waals surface area (Å²) in [6, 6.07) is 16.4. The number of carbonyl (C=O) groups excluding carboxylic acids is 3. The number of benzene rings is 3. The summed E-state index contributed by atoms with van der Waals surface area (Å²) in [4.78, 5) is 44.9. The zero-order chi connectivity index (χ0) is 26.8. The maximum absolute atomic E-state index is 12.1. The lowest BCUT2D eigenvalue weighted by Crippen LogP contribution is -2.32. The minimum atomic E-state index is -0.691. The number of rotatable bonds is 7. The van der Waals surface area contributed by atoms with Crippen LogP contribution < -0.4 is 0 Å². The van der Waals surface area contributed by atoms with Gasteiger partial charge in [-0.05, 0) is 79.4 Å². The molecule has 0 radical (unpaired) electrons. The predicted molar refractivity (Wildman–Crippen MR) is 142 cm³/mol. The summed E-state index contributed by atoms with van der Waals surface area (Å²) in [6.07, 6.45) is 0.309. The Morgan fingerprint density at radius 1 is 1.03 bits per heavy atom. The highest BCUT2D eigenvalue weighted by molar-refractivity contribution is 7.21. The third kappa shape index (κ3) is 5.30. The molecule has 2 heterocycles. The van der Waals surface area contributed by atoms with Crippen molar-refractivity contribution >= 4 is 50.7 Å². The Morgan fingerprint density at radius 3 is 2.50 bits per heavy atom. The van der Waals surface area contributed by atoms with Gasteiger partial charge in [-0.2, -0.15) is 5.11 Å². The van der Waals surface area contributed by atoms with E-state index in [9.17, 15) is 19.5 Å². The van der Waals surface area contributed by atoms with E-state index in [2.05, 4.69) is 30.1 Å². The van der Waals surface area contributed by atoms with Gasteiger partial charge in [0.25, 0.3) is 11.8 Å². The van der Waals surface area contributed by atoms with Gasteiger partial charge in [-0.3, -0.25) is 9.59 Å². The van der Waals surface area contributed by atoms with Crippen LogP contribution in [0.3, 0.4) is 0 Å². The Morgan fingerprint density at radius 2 is 1.76 bits per heavy atom. The monoisotopic (exact) mass is 528 g/mol. The van der Waals surface area contributed by atoms with E-state index in [0.717, 1.165) is 16.1 Å². The van der Waals surface area contributed by atoms with Crippen LogP contribution in [-0.2, 0) is 25.6 Å². The number of aryl methyl sites for hydroxylation is 3. The number of phenolic OH excluding ortho intramolecular Hbond substituents is 1. The van der Waals surface area contributed by atoms with Crippen molar-refractivity contribution in [3.8, 4) is 16.3 Å². The molecule has 4 aromatic rings. The zero-order valence-electron chi connectivity index (χ0n) is 20.8. The Kier molecular flexibility index (Phi) is 6.97. The van der Waals surface area contributed by atoms with Gasteiger partial charge in [0.1, 0.15) is 16.4 Å². The van der Waals surface area contributed by atoms with E-state index >= 15 is 0 Å². The van der Waals surface area contributed by atoms with Crippen molar-refractivity contribution in [3.63, 3.8) is 0 Å². The molecule has 1 fully saturated rings. The fourth-order valence-electron chi connectivity index (χ4n) is 3.98. The molecule has 1 aliphatic rings. The summed E-state index contributed by atoms with van der Waals surface area (Å²) >= 11 is 1.66. The summed E-state index contributed by atoms with van der Waals surface area (Å²) in [7, 11) is 0. The molecule has 1 aliphatic heterocycles. The molecule has 9 nitrogen and oxygen atoms in total. The molecular weight excluding hydrogens is 504 g/mol. The third-order valence-corrected chi connectivity index (χ3v) is 7.56. The smallest absolute Gasteiger partial charge is 0.333 e. The topological polar surface area (TPSA) is 122 Å². The Bertz CT molecular complexity index is 1580. The van der Waals surface area contributed by atoms with Gasteiger partial charge >= 0.3 is 5.97 Å². The summed E-state index contributed by atoms with van der Waals surface area (Å²) < 4.78 is 1.19. The van der Waals surface area contributed by atoms with E-state index < -0.39 is 17.8 Å². The second kappa shape index (κ2) is 10.5. The van der Waals surface area contributed by atoms with Crippen molar-refractivity contribution in [1.82, 2.24) is 10.0 Å². The first kappa shape index (κ1) is 25.2. The number of imide groups is 1. The number of hydroxylamine groups is 2. The van der Waals surface area contributed by atoms with Crippen LogP contribution in [0.15, 0.2) is 64.8 Å². The fourth-order valence-corrected chi connectivity index (χ4v) is 5.11. The van der Waals surface area contributed by atoms with E-state index in [1.165, 1.54) is 21.9 Å². The van der Waals surface area contributed by atoms with E-state index in [1.807, 2.05) is 30.3 Å². The minimum Gasteiger partial charge on any atom is -0.506 e. The standard InChI is InChI=1S/C28H24N4O5S/c1-16-3-10-21-27(17(16)2)38-28(29-21)19-6-8-20(9-7-19)30-31-22-15-18(4-11-23(22)33)5-14-26(36)37-32-24(34)12-13-25(32)35/h3-4,6-11,15,33H,5,12-14H2,1-2H3. The van der Waals surface area contributed by atoms with Crippen LogP contribution in [0.1, 0.15) is 36.0 Å². The maximum atomic E-state index is 12.1. The lowest BCUT2D eigenvalue weighted by Gasteiger charge is -2.12. The SMILES string of the molecule is Cc1ccc2nc(-c3ccc(N=Nc4cc(CCC(=O)ON5C(=O)CCC5=O)ccc4O)cc3)sc2c1C. The van der Waals surface area contributed by atoms with Crippen molar-refractivity contribution in [2.45, 2.75) is 39.5 Å². The van der Waals surface area contributed by atoms with E-state index in [1.54, 1.807) is 23.5 Å². The molecule has 3 aromatic carbocycles. The molecule has 0 spiro atoms. The van der Waals surface area contributed by atoms with Crippen LogP contribution in [0.2, 0.25) is 0 Å². The number of hydrogen-bond donors (Lipinski definition) is 1. The Labute approximate surface area is 222 Å². The number of nitrogens with zero attached hydrogens (tertiary/aromatic N) is 4. The largest absolute Gasteiger partial charge is 0.506 e. The molecule has 0 saturated carbocycles.